The maximum Gasteiger partial charge on any atom is 0.410 e. The third-order valence-corrected chi connectivity index (χ3v) is 7.36. The van der Waals surface area contributed by atoms with E-state index in [4.69, 9.17) is 4.74 Å². The van der Waals surface area contributed by atoms with E-state index in [0.29, 0.717) is 0 Å². The van der Waals surface area contributed by atoms with Crippen LogP contribution in [0.4, 0.5) is 10.5 Å². The van der Waals surface area contributed by atoms with Gasteiger partial charge in [0.1, 0.15) is 12.6 Å². The van der Waals surface area contributed by atoms with E-state index < -0.39 is 23.0 Å². The molecule has 11 heteroatoms. The monoisotopic (exact) mass is 549 g/mol. The second-order valence-corrected chi connectivity index (χ2v) is 9.95. The van der Waals surface area contributed by atoms with Gasteiger partial charge in [0.2, 0.25) is 5.91 Å². The molecule has 4 rings (SSSR count). The van der Waals surface area contributed by atoms with Gasteiger partial charge in [-0.2, -0.15) is 0 Å². The zero-order valence-corrected chi connectivity index (χ0v) is 21.9. The van der Waals surface area contributed by atoms with E-state index in [2.05, 4.69) is 5.32 Å². The maximum absolute atomic E-state index is 13.5. The Morgan fingerprint density at radius 3 is 2.21 bits per heavy atom. The van der Waals surface area contributed by atoms with Crippen LogP contribution in [0, 0.1) is 10.1 Å². The van der Waals surface area contributed by atoms with Crippen LogP contribution in [0.2, 0.25) is 0 Å². The van der Waals surface area contributed by atoms with Crippen molar-refractivity contribution < 1.29 is 29.2 Å². The number of carbonyl (C=O) groups excluding carboxylic acids is 2. The predicted octanol–water partition coefficient (Wildman–Crippen LogP) is 4.63. The molecule has 1 atom stereocenters. The average Bonchev–Trinajstić information content (AvgIpc) is 3.24. The summed E-state index contributed by atoms with van der Waals surface area (Å²) >= 11 is 1.11. The van der Waals surface area contributed by atoms with Gasteiger partial charge in [-0.25, -0.2) is 9.59 Å². The highest BCUT2D eigenvalue weighted by atomic mass is 32.2. The van der Waals surface area contributed by atoms with Crippen LogP contribution in [0.3, 0.4) is 0 Å². The fourth-order valence-corrected chi connectivity index (χ4v) is 5.57. The quantitative estimate of drug-likeness (QED) is 0.153. The molecular formula is C28H27N3O7S. The molecule has 0 fully saturated rings. The molecule has 3 aromatic carbocycles. The third-order valence-electron chi connectivity index (χ3n) is 6.46. The summed E-state index contributed by atoms with van der Waals surface area (Å²) in [6.07, 6.45) is -0.900. The van der Waals surface area contributed by atoms with E-state index in [1.165, 1.54) is 25.1 Å². The van der Waals surface area contributed by atoms with Gasteiger partial charge in [-0.15, -0.1) is 11.8 Å². The lowest BCUT2D eigenvalue weighted by atomic mass is 9.98. The number of nitro benzene ring substituents is 1. The number of fused-ring (bicyclic) bond motifs is 3. The van der Waals surface area contributed by atoms with Gasteiger partial charge < -0.3 is 15.2 Å². The molecule has 10 nitrogen and oxygen atoms in total. The highest BCUT2D eigenvalue weighted by Gasteiger charge is 2.35. The summed E-state index contributed by atoms with van der Waals surface area (Å²) < 4.78 is 5.72. The van der Waals surface area contributed by atoms with Crippen LogP contribution in [0.25, 0.3) is 11.1 Å². The molecule has 0 spiro atoms. The standard InChI is InChI=1S/C28H27N3O7S/c1-18(32)29-17-39-16-26(27(33)34)30(14-19-8-2-7-13-25(19)31(36)37)28(35)38-15-24-22-11-5-3-9-20(22)21-10-4-6-12-23(21)24/h2-13,24,26H,14-17H2,1H3,(H,29,32)(H,33,34). The number of hydrogen-bond donors (Lipinski definition) is 2. The number of nitro groups is 1. The second kappa shape index (κ2) is 12.4. The molecule has 0 aromatic heterocycles. The molecule has 39 heavy (non-hydrogen) atoms. The fraction of sp³-hybridized carbons (Fsp3) is 0.250. The number of aliphatic carboxylic acids is 1. The Bertz CT molecular complexity index is 1350. The van der Waals surface area contributed by atoms with Gasteiger partial charge in [0, 0.05) is 30.2 Å². The highest BCUT2D eigenvalue weighted by Crippen LogP contribution is 2.44. The van der Waals surface area contributed by atoms with Crippen molar-refractivity contribution in [3.8, 4) is 11.1 Å². The number of nitrogens with one attached hydrogen (secondary N) is 1. The second-order valence-electron chi connectivity index (χ2n) is 8.92. The number of amides is 2. The summed E-state index contributed by atoms with van der Waals surface area (Å²) in [6, 6.07) is 20.1. The summed E-state index contributed by atoms with van der Waals surface area (Å²) in [6.45, 7) is 0.962. The molecule has 1 aliphatic rings. The Morgan fingerprint density at radius 2 is 1.62 bits per heavy atom. The van der Waals surface area contributed by atoms with Gasteiger partial charge in [0.05, 0.1) is 17.3 Å². The first-order valence-electron chi connectivity index (χ1n) is 12.2. The molecule has 1 aliphatic carbocycles. The molecule has 1 unspecified atom stereocenters. The van der Waals surface area contributed by atoms with Crippen molar-refractivity contribution in [2.45, 2.75) is 25.4 Å². The smallest absolute Gasteiger partial charge is 0.410 e. The number of ether oxygens (including phenoxy) is 1. The molecule has 2 amide bonds. The molecule has 0 radical (unpaired) electrons. The number of benzene rings is 3. The average molecular weight is 550 g/mol. The Balaban J connectivity index is 1.59. The number of hydrogen-bond acceptors (Lipinski definition) is 7. The van der Waals surface area contributed by atoms with E-state index in [9.17, 15) is 29.6 Å². The fourth-order valence-electron chi connectivity index (χ4n) is 4.60. The number of carboxylic acid groups (broad SMARTS) is 1. The van der Waals surface area contributed by atoms with Crippen LogP contribution in [0.15, 0.2) is 72.8 Å². The summed E-state index contributed by atoms with van der Waals surface area (Å²) in [5.41, 5.74) is 4.03. The predicted molar refractivity (Wildman–Crippen MR) is 146 cm³/mol. The first-order valence-corrected chi connectivity index (χ1v) is 13.3. The number of thioether (sulfide) groups is 1. The van der Waals surface area contributed by atoms with E-state index in [-0.39, 0.29) is 47.9 Å². The van der Waals surface area contributed by atoms with Crippen molar-refractivity contribution in [2.24, 2.45) is 0 Å². The van der Waals surface area contributed by atoms with Crippen molar-refractivity contribution in [3.05, 3.63) is 99.6 Å². The van der Waals surface area contributed by atoms with Gasteiger partial charge in [-0.05, 0) is 22.3 Å². The number of rotatable bonds is 11. The zero-order valence-electron chi connectivity index (χ0n) is 21.1. The van der Waals surface area contributed by atoms with Gasteiger partial charge in [-0.3, -0.25) is 19.8 Å². The van der Waals surface area contributed by atoms with Crippen molar-refractivity contribution in [1.29, 1.82) is 0 Å². The Kier molecular flexibility index (Phi) is 8.82. The molecule has 3 aromatic rings. The van der Waals surface area contributed by atoms with Crippen LogP contribution in [0.5, 0.6) is 0 Å². The number of carbonyl (C=O) groups is 3. The van der Waals surface area contributed by atoms with Gasteiger partial charge in [0.25, 0.3) is 5.69 Å². The summed E-state index contributed by atoms with van der Waals surface area (Å²) in [4.78, 5) is 49.0. The lowest BCUT2D eigenvalue weighted by Gasteiger charge is -2.29. The minimum Gasteiger partial charge on any atom is -0.480 e. The van der Waals surface area contributed by atoms with Crippen molar-refractivity contribution in [1.82, 2.24) is 10.2 Å². The van der Waals surface area contributed by atoms with Crippen LogP contribution in [-0.2, 0) is 20.9 Å². The number of carboxylic acids is 1. The van der Waals surface area contributed by atoms with Gasteiger partial charge in [-0.1, -0.05) is 66.7 Å². The highest BCUT2D eigenvalue weighted by molar-refractivity contribution is 7.99. The van der Waals surface area contributed by atoms with Crippen molar-refractivity contribution in [2.75, 3.05) is 18.2 Å². The van der Waals surface area contributed by atoms with E-state index in [1.807, 2.05) is 48.5 Å². The maximum atomic E-state index is 13.5. The lowest BCUT2D eigenvalue weighted by molar-refractivity contribution is -0.385. The number of para-hydroxylation sites is 1. The van der Waals surface area contributed by atoms with E-state index in [1.54, 1.807) is 6.07 Å². The minimum absolute atomic E-state index is 0.0361. The van der Waals surface area contributed by atoms with Crippen molar-refractivity contribution in [3.63, 3.8) is 0 Å². The largest absolute Gasteiger partial charge is 0.480 e. The zero-order chi connectivity index (χ0) is 27.9. The topological polar surface area (TPSA) is 139 Å². The summed E-state index contributed by atoms with van der Waals surface area (Å²) in [5.74, 6) is -1.74. The molecule has 2 N–H and O–H groups in total. The molecule has 0 saturated heterocycles. The first-order chi connectivity index (χ1) is 18.8. The number of nitrogens with zero attached hydrogens (tertiary/aromatic N) is 2. The van der Waals surface area contributed by atoms with Gasteiger partial charge >= 0.3 is 12.1 Å². The third kappa shape index (κ3) is 6.37. The summed E-state index contributed by atoms with van der Waals surface area (Å²) in [7, 11) is 0. The Morgan fingerprint density at radius 1 is 1.03 bits per heavy atom. The van der Waals surface area contributed by atoms with Crippen LogP contribution in [0.1, 0.15) is 29.5 Å². The van der Waals surface area contributed by atoms with Crippen LogP contribution < -0.4 is 5.32 Å². The Labute approximate surface area is 229 Å². The van der Waals surface area contributed by atoms with Gasteiger partial charge in [0.15, 0.2) is 0 Å². The minimum atomic E-state index is -1.36. The molecular weight excluding hydrogens is 522 g/mol. The normalized spacial score (nSPS) is 12.6. The van der Waals surface area contributed by atoms with Crippen molar-refractivity contribution >= 4 is 35.4 Å². The summed E-state index contributed by atoms with van der Waals surface area (Å²) in [5, 5.41) is 24.2. The molecule has 0 heterocycles. The molecule has 0 bridgehead atoms. The van der Waals surface area contributed by atoms with E-state index in [0.717, 1.165) is 38.9 Å². The first kappa shape index (κ1) is 27.6. The van der Waals surface area contributed by atoms with Crippen LogP contribution in [-0.4, -0.2) is 57.2 Å². The van der Waals surface area contributed by atoms with E-state index >= 15 is 0 Å². The Hall–Kier alpha value is -4.38. The lowest BCUT2D eigenvalue weighted by Crippen LogP contribution is -2.47. The van der Waals surface area contributed by atoms with Crippen LogP contribution >= 0.6 is 11.8 Å². The molecule has 202 valence electrons. The SMILES string of the molecule is CC(=O)NCSCC(C(=O)O)N(Cc1ccccc1[N+](=O)[O-])C(=O)OCC1c2ccccc2-c2ccccc21. The molecule has 0 saturated carbocycles. The molecule has 0 aliphatic heterocycles.